The number of hydrogen-bond acceptors (Lipinski definition) is 4. The van der Waals surface area contributed by atoms with E-state index in [0.29, 0.717) is 5.75 Å². The number of allylic oxidation sites excluding steroid dienone is 3. The normalized spacial score (nSPS) is 18.2. The van der Waals surface area contributed by atoms with Crippen molar-refractivity contribution in [1.82, 2.24) is 4.90 Å². The number of amides is 1. The summed E-state index contributed by atoms with van der Waals surface area (Å²) in [6.07, 6.45) is 8.46. The predicted octanol–water partition coefficient (Wildman–Crippen LogP) is 5.10. The van der Waals surface area contributed by atoms with Crippen LogP contribution in [-0.4, -0.2) is 43.3 Å². The van der Waals surface area contributed by atoms with Gasteiger partial charge in [-0.1, -0.05) is 30.3 Å². The highest BCUT2D eigenvalue weighted by Gasteiger charge is 2.32. The molecule has 1 fully saturated rings. The average molecular weight is 559 g/mol. The lowest BCUT2D eigenvalue weighted by Gasteiger charge is -2.36. The third-order valence-corrected chi connectivity index (χ3v) is 8.60. The average Bonchev–Trinajstić information content (AvgIpc) is 3.28. The van der Waals surface area contributed by atoms with Crippen LogP contribution in [0.25, 0.3) is 15.7 Å². The standard InChI is InChI=1S/C29H30ClF2N3O2S/c1-4-17(13-14-34-2)18-5-12-24(37-3)19(15-18)16-35(21-8-6-20(33)7-9-21)29(36)28-26(30)25-22(31)10-11-23(32)27(25)38-28/h4-5,10-15,20-21H,1,6-9,16,33H2,2-3H3/p+1/b17-13+,34-14?. The first-order valence-corrected chi connectivity index (χ1v) is 13.6. The first-order chi connectivity index (χ1) is 18.3. The van der Waals surface area contributed by atoms with Crippen molar-refractivity contribution in [3.63, 3.8) is 0 Å². The number of fused-ring (bicyclic) bond motifs is 1. The summed E-state index contributed by atoms with van der Waals surface area (Å²) in [4.78, 5) is 18.9. The van der Waals surface area contributed by atoms with E-state index in [4.69, 9.17) is 22.1 Å². The lowest BCUT2D eigenvalue weighted by atomic mass is 9.90. The van der Waals surface area contributed by atoms with Crippen LogP contribution in [0.1, 0.15) is 46.5 Å². The van der Waals surface area contributed by atoms with Crippen LogP contribution in [0, 0.1) is 11.6 Å². The van der Waals surface area contributed by atoms with Crippen LogP contribution in [0.3, 0.4) is 0 Å². The summed E-state index contributed by atoms with van der Waals surface area (Å²) in [5.74, 6) is -1.02. The van der Waals surface area contributed by atoms with E-state index in [-0.39, 0.29) is 44.5 Å². The van der Waals surface area contributed by atoms with Crippen LogP contribution < -0.4 is 15.5 Å². The summed E-state index contributed by atoms with van der Waals surface area (Å²) < 4.78 is 34.8. The molecule has 200 valence electrons. The van der Waals surface area contributed by atoms with Gasteiger partial charge in [0.05, 0.1) is 22.2 Å². The molecule has 3 aromatic rings. The molecular weight excluding hydrogens is 528 g/mol. The van der Waals surface area contributed by atoms with Gasteiger partial charge in [-0.2, -0.15) is 0 Å². The molecule has 1 aliphatic rings. The summed E-state index contributed by atoms with van der Waals surface area (Å²) in [6.45, 7) is 4.15. The Morgan fingerprint density at radius 3 is 2.58 bits per heavy atom. The number of halogens is 3. The number of hydrogen-bond donors (Lipinski definition) is 2. The molecule has 0 saturated heterocycles. The number of nitrogens with zero attached hydrogens (tertiary/aromatic N) is 1. The smallest absolute Gasteiger partial charge is 0.266 e. The van der Waals surface area contributed by atoms with Crippen LogP contribution in [0.4, 0.5) is 8.78 Å². The van der Waals surface area contributed by atoms with Crippen LogP contribution >= 0.6 is 22.9 Å². The summed E-state index contributed by atoms with van der Waals surface area (Å²) >= 11 is 7.39. The lowest BCUT2D eigenvalue weighted by Crippen LogP contribution is -2.62. The second kappa shape index (κ2) is 12.2. The Morgan fingerprint density at radius 1 is 1.24 bits per heavy atom. The van der Waals surface area contributed by atoms with E-state index in [0.717, 1.165) is 65.9 Å². The van der Waals surface area contributed by atoms with Crippen LogP contribution in [-0.2, 0) is 6.54 Å². The Hall–Kier alpha value is -3.07. The highest BCUT2D eigenvalue weighted by molar-refractivity contribution is 7.21. The fraction of sp³-hybridized carbons (Fsp3) is 0.310. The number of carbonyl (C=O) groups excluding carboxylic acids is 1. The zero-order chi connectivity index (χ0) is 27.4. The van der Waals surface area contributed by atoms with Gasteiger partial charge in [0.1, 0.15) is 29.3 Å². The maximum Gasteiger partial charge on any atom is 0.266 e. The van der Waals surface area contributed by atoms with Gasteiger partial charge in [-0.05, 0) is 61.1 Å². The minimum absolute atomic E-state index is 0.0325. The van der Waals surface area contributed by atoms with Crippen molar-refractivity contribution in [1.29, 1.82) is 0 Å². The first kappa shape index (κ1) is 28.0. The molecule has 1 amide bonds. The Kier molecular flexibility index (Phi) is 8.97. The number of carbonyl (C=O) groups is 1. The molecule has 0 unspecified atom stereocenters. The molecule has 4 rings (SSSR count). The second-order valence-electron chi connectivity index (χ2n) is 9.29. The SMILES string of the molecule is C=C/C(=C\C=[NH+]C)c1ccc(OC)c(CN(C(=O)c2sc3c(F)ccc(F)c3c2Cl)C2CCC(N)CC2)c1. The molecule has 3 N–H and O–H groups in total. The van der Waals surface area contributed by atoms with Gasteiger partial charge >= 0.3 is 0 Å². The summed E-state index contributed by atoms with van der Waals surface area (Å²) in [7, 11) is 3.39. The first-order valence-electron chi connectivity index (χ1n) is 12.4. The van der Waals surface area contributed by atoms with Crippen LogP contribution in [0.5, 0.6) is 5.75 Å². The number of thiophene rings is 1. The monoisotopic (exact) mass is 558 g/mol. The summed E-state index contributed by atoms with van der Waals surface area (Å²) in [6, 6.07) is 7.80. The molecule has 1 heterocycles. The topological polar surface area (TPSA) is 69.5 Å². The van der Waals surface area contributed by atoms with Gasteiger partial charge in [0.15, 0.2) is 6.21 Å². The largest absolute Gasteiger partial charge is 0.496 e. The second-order valence-corrected chi connectivity index (χ2v) is 10.7. The quantitative estimate of drug-likeness (QED) is 0.298. The lowest BCUT2D eigenvalue weighted by molar-refractivity contribution is -0.413. The van der Waals surface area contributed by atoms with E-state index >= 15 is 0 Å². The van der Waals surface area contributed by atoms with Crippen molar-refractivity contribution in [2.45, 2.75) is 44.3 Å². The maximum absolute atomic E-state index is 14.6. The molecule has 1 aromatic heterocycles. The molecular formula is C29H31ClF2N3O2S+. The summed E-state index contributed by atoms with van der Waals surface area (Å²) in [5, 5.41) is -0.128. The zero-order valence-corrected chi connectivity index (χ0v) is 23.0. The third kappa shape index (κ3) is 5.67. The molecule has 0 spiro atoms. The Labute approximate surface area is 230 Å². The van der Waals surface area contributed by atoms with Gasteiger partial charge in [0, 0.05) is 30.3 Å². The van der Waals surface area contributed by atoms with Crippen molar-refractivity contribution in [2.24, 2.45) is 5.73 Å². The highest BCUT2D eigenvalue weighted by atomic mass is 35.5. The fourth-order valence-corrected chi connectivity index (χ4v) is 6.37. The molecule has 9 heteroatoms. The van der Waals surface area contributed by atoms with Crippen molar-refractivity contribution in [3.05, 3.63) is 81.7 Å². The Morgan fingerprint density at radius 2 is 1.95 bits per heavy atom. The van der Waals surface area contributed by atoms with Crippen molar-refractivity contribution < 1.29 is 23.3 Å². The highest BCUT2D eigenvalue weighted by Crippen LogP contribution is 2.40. The Balaban J connectivity index is 1.79. The molecule has 0 radical (unpaired) electrons. The molecule has 1 saturated carbocycles. The van der Waals surface area contributed by atoms with Gasteiger partial charge in [-0.25, -0.2) is 8.78 Å². The van der Waals surface area contributed by atoms with Crippen molar-refractivity contribution in [3.8, 4) is 5.75 Å². The number of benzene rings is 2. The van der Waals surface area contributed by atoms with E-state index < -0.39 is 11.6 Å². The van der Waals surface area contributed by atoms with Gasteiger partial charge < -0.3 is 15.4 Å². The molecule has 1 aliphatic carbocycles. The molecule has 0 atom stereocenters. The number of rotatable bonds is 8. The van der Waals surface area contributed by atoms with Gasteiger partial charge in [0.2, 0.25) is 0 Å². The minimum atomic E-state index is -0.659. The fourth-order valence-electron chi connectivity index (χ4n) is 4.87. The van der Waals surface area contributed by atoms with Crippen LogP contribution in [0.15, 0.2) is 49.1 Å². The van der Waals surface area contributed by atoms with Gasteiger partial charge in [0.25, 0.3) is 5.91 Å². The van der Waals surface area contributed by atoms with E-state index in [9.17, 15) is 13.6 Å². The van der Waals surface area contributed by atoms with Crippen molar-refractivity contribution in [2.75, 3.05) is 14.2 Å². The molecule has 0 aliphatic heterocycles. The van der Waals surface area contributed by atoms with E-state index in [1.165, 1.54) is 0 Å². The number of methoxy groups -OCH3 is 1. The van der Waals surface area contributed by atoms with Gasteiger partial charge in [-0.3, -0.25) is 9.79 Å². The Bertz CT molecular complexity index is 1410. The number of nitrogens with two attached hydrogens (primary N) is 1. The van der Waals surface area contributed by atoms with E-state index in [2.05, 4.69) is 11.6 Å². The van der Waals surface area contributed by atoms with E-state index in [1.54, 1.807) is 18.1 Å². The van der Waals surface area contributed by atoms with Gasteiger partial charge in [-0.15, -0.1) is 11.3 Å². The number of nitrogens with one attached hydrogen (secondary N) is 1. The third-order valence-electron chi connectivity index (χ3n) is 6.92. The van der Waals surface area contributed by atoms with E-state index in [1.807, 2.05) is 37.5 Å². The molecule has 0 bridgehead atoms. The van der Waals surface area contributed by atoms with Crippen molar-refractivity contribution >= 4 is 50.7 Å². The molecule has 5 nitrogen and oxygen atoms in total. The predicted molar refractivity (Wildman–Crippen MR) is 151 cm³/mol. The zero-order valence-electron chi connectivity index (χ0n) is 21.4. The summed E-state index contributed by atoms with van der Waals surface area (Å²) in [5.41, 5.74) is 8.74. The molecule has 2 aromatic carbocycles. The molecule has 38 heavy (non-hydrogen) atoms. The van der Waals surface area contributed by atoms with Crippen LogP contribution in [0.2, 0.25) is 5.02 Å². The maximum atomic E-state index is 14.6. The number of ether oxygens (including phenoxy) is 1. The minimum Gasteiger partial charge on any atom is -0.496 e.